The number of carbonyl (C=O) groups excluding carboxylic acids is 5. The van der Waals surface area contributed by atoms with Crippen LogP contribution in [0.3, 0.4) is 0 Å². The first-order chi connectivity index (χ1) is 33.8. The second-order valence-electron chi connectivity index (χ2n) is 17.0. The number of amides is 4. The zero-order valence-electron chi connectivity index (χ0n) is 41.1. The summed E-state index contributed by atoms with van der Waals surface area (Å²) in [6.45, 7) is 11.1. The van der Waals surface area contributed by atoms with Crippen LogP contribution >= 0.6 is 0 Å². The van der Waals surface area contributed by atoms with E-state index in [-0.39, 0.29) is 48.7 Å². The van der Waals surface area contributed by atoms with Crippen molar-refractivity contribution in [3.8, 4) is 36.2 Å². The van der Waals surface area contributed by atoms with Crippen LogP contribution in [0.1, 0.15) is 95.7 Å². The Bertz CT molecular complexity index is 2700. The number of hydrogen-bond donors (Lipinski definition) is 5. The number of methoxy groups -OCH3 is 2. The van der Waals surface area contributed by atoms with Crippen molar-refractivity contribution >= 4 is 65.6 Å². The lowest BCUT2D eigenvalue weighted by Gasteiger charge is -2.26. The van der Waals surface area contributed by atoms with Crippen molar-refractivity contribution in [2.45, 2.75) is 72.3 Å². The summed E-state index contributed by atoms with van der Waals surface area (Å²) in [6.07, 6.45) is 12.6. The topological polar surface area (TPSA) is 265 Å². The fourth-order valence-corrected chi connectivity index (χ4v) is 5.91. The second kappa shape index (κ2) is 28.4. The number of aliphatic carboxylic acids is 1. The molecule has 380 valence electrons. The number of ether oxygens (including phenoxy) is 4. The molecule has 0 aromatic heterocycles. The zero-order valence-corrected chi connectivity index (χ0v) is 41.1. The average molecular weight is 991 g/mol. The highest BCUT2D eigenvalue weighted by molar-refractivity contribution is 6.06. The number of carboxylic acids is 3. The van der Waals surface area contributed by atoms with E-state index in [9.17, 15) is 43.5 Å². The van der Waals surface area contributed by atoms with Crippen molar-refractivity contribution in [3.63, 3.8) is 0 Å². The maximum Gasteiger partial charge on any atom is 0.411 e. The number of anilines is 2. The van der Waals surface area contributed by atoms with E-state index in [1.165, 1.54) is 60.4 Å². The molecule has 4 aromatic carbocycles. The van der Waals surface area contributed by atoms with E-state index in [1.807, 2.05) is 0 Å². The van der Waals surface area contributed by atoms with Gasteiger partial charge in [0.1, 0.15) is 35.4 Å². The molecule has 0 radical (unpaired) electrons. The molecule has 4 rings (SSSR count). The van der Waals surface area contributed by atoms with Gasteiger partial charge < -0.3 is 44.9 Å². The summed E-state index contributed by atoms with van der Waals surface area (Å²) in [4.78, 5) is 94.2. The molecule has 19 heteroatoms. The third kappa shape index (κ3) is 21.0. The van der Waals surface area contributed by atoms with Gasteiger partial charge in [-0.2, -0.15) is 0 Å². The Morgan fingerprint density at radius 2 is 1.04 bits per heavy atom. The molecule has 0 heterocycles. The summed E-state index contributed by atoms with van der Waals surface area (Å²) in [6, 6.07) is 22.1. The van der Waals surface area contributed by atoms with E-state index >= 15 is 0 Å². The first-order valence-electron chi connectivity index (χ1n) is 21.6. The monoisotopic (exact) mass is 990 g/mol. The number of carboxylic acid groups (broad SMARTS) is 3. The van der Waals surface area contributed by atoms with Gasteiger partial charge >= 0.3 is 30.1 Å². The highest BCUT2D eigenvalue weighted by Crippen LogP contribution is 2.25. The molecule has 0 unspecified atom stereocenters. The van der Waals surface area contributed by atoms with Crippen molar-refractivity contribution in [3.05, 3.63) is 124 Å². The van der Waals surface area contributed by atoms with E-state index < -0.39 is 59.5 Å². The van der Waals surface area contributed by atoms with Gasteiger partial charge in [-0.05, 0) is 108 Å². The number of nitrogens with one attached hydrogen (secondary N) is 2. The zero-order chi connectivity index (χ0) is 54.2. The van der Waals surface area contributed by atoms with E-state index in [4.69, 9.17) is 42.0 Å². The van der Waals surface area contributed by atoms with E-state index in [2.05, 4.69) is 22.5 Å². The number of nitrogens with zero attached hydrogens (tertiary/aromatic N) is 2. The molecule has 5 N–H and O–H groups in total. The van der Waals surface area contributed by atoms with Gasteiger partial charge in [0.05, 0.1) is 62.9 Å². The number of aldehydes is 1. The predicted octanol–water partition coefficient (Wildman–Crippen LogP) is 8.09. The Balaban J connectivity index is 0.000000401. The third-order valence-electron chi connectivity index (χ3n) is 8.92. The second-order valence-corrected chi connectivity index (χ2v) is 17.0. The average Bonchev–Trinajstić information content (AvgIpc) is 3.29. The van der Waals surface area contributed by atoms with Gasteiger partial charge in [-0.15, -0.1) is 12.8 Å². The molecule has 0 saturated carbocycles. The minimum absolute atomic E-state index is 0.00766. The van der Waals surface area contributed by atoms with Crippen LogP contribution in [0.5, 0.6) is 11.5 Å². The molecular formula is C53H58N4O15. The van der Waals surface area contributed by atoms with Gasteiger partial charge in [-0.3, -0.25) is 29.0 Å². The standard InChI is InChI=1S/C26H28N2O6.C17H21NO4.C10H9NO5/c1-6-15-28(25(32)34-26(2,3)4)17-19-16-18(11-13-22(19)33-5)12-14-23(29)27-21-10-8-7-9-20(21)24(30)31;1-6-9-18(16(20)22-17(2,3)4)11-14-10-13(12-19)7-8-15(14)21-5;12-8(5-9(13)14)11-7-4-2-1-3-6(7)10(15)16/h1,7-14,16H,15,17H2,2-5H3,(H,27,29)(H,30,31);1,7-8,10,12H,9,11H2,2-5H3;1-4H,5H2,(H,11,12)(H,13,14)(H,15,16)/b14-12+;;. The summed E-state index contributed by atoms with van der Waals surface area (Å²) < 4.78 is 21.4. The number of rotatable bonds is 17. The number of terminal acetylenes is 2. The predicted molar refractivity (Wildman–Crippen MR) is 268 cm³/mol. The fraction of sp³-hybridized carbons (Fsp3) is 0.283. The highest BCUT2D eigenvalue weighted by Gasteiger charge is 2.24. The number of para-hydroxylation sites is 2. The first-order valence-corrected chi connectivity index (χ1v) is 21.6. The number of hydrogen-bond acceptors (Lipinski definition) is 12. The van der Waals surface area contributed by atoms with Crippen LogP contribution < -0.4 is 20.1 Å². The Morgan fingerprint density at radius 1 is 0.625 bits per heavy atom. The van der Waals surface area contributed by atoms with Gasteiger partial charge in [-0.25, -0.2) is 19.2 Å². The molecule has 72 heavy (non-hydrogen) atoms. The molecule has 0 fully saturated rings. The summed E-state index contributed by atoms with van der Waals surface area (Å²) >= 11 is 0. The molecule has 19 nitrogen and oxygen atoms in total. The van der Waals surface area contributed by atoms with Crippen LogP contribution in [0.2, 0.25) is 0 Å². The lowest BCUT2D eigenvalue weighted by atomic mass is 10.1. The normalized spacial score (nSPS) is 10.5. The van der Waals surface area contributed by atoms with Crippen molar-refractivity contribution in [1.29, 1.82) is 0 Å². The van der Waals surface area contributed by atoms with Crippen LogP contribution in [0.4, 0.5) is 21.0 Å². The van der Waals surface area contributed by atoms with Crippen molar-refractivity contribution in [2.75, 3.05) is 37.9 Å². The van der Waals surface area contributed by atoms with E-state index in [0.717, 1.165) is 6.29 Å². The summed E-state index contributed by atoms with van der Waals surface area (Å²) in [5.74, 6) is 1.16. The van der Waals surface area contributed by atoms with Crippen molar-refractivity contribution in [2.24, 2.45) is 0 Å². The molecule has 0 aliphatic carbocycles. The summed E-state index contributed by atoms with van der Waals surface area (Å²) in [5.41, 5.74) is 1.43. The van der Waals surface area contributed by atoms with Crippen LogP contribution in [-0.2, 0) is 36.9 Å². The SMILES string of the molecule is C#CCN(Cc1cc(/C=C/C(=O)Nc2ccccc2C(=O)O)ccc1OC)C(=O)OC(C)(C)C.C#CCN(Cc1cc(C=O)ccc1OC)C(=O)OC(C)(C)C.O=C(O)CC(=O)Nc1ccccc1C(=O)O. The molecule has 0 saturated heterocycles. The molecular weight excluding hydrogens is 933 g/mol. The number of aromatic carboxylic acids is 2. The van der Waals surface area contributed by atoms with Crippen LogP contribution in [0, 0.1) is 24.7 Å². The van der Waals surface area contributed by atoms with Crippen LogP contribution in [-0.4, -0.2) is 112 Å². The van der Waals surface area contributed by atoms with Crippen molar-refractivity contribution in [1.82, 2.24) is 9.80 Å². The summed E-state index contributed by atoms with van der Waals surface area (Å²) in [7, 11) is 3.04. The fourth-order valence-electron chi connectivity index (χ4n) is 5.91. The Kier molecular flexibility index (Phi) is 23.3. The number of benzene rings is 4. The lowest BCUT2D eigenvalue weighted by Crippen LogP contribution is -2.36. The molecule has 0 atom stereocenters. The van der Waals surface area contributed by atoms with E-state index in [1.54, 1.807) is 102 Å². The van der Waals surface area contributed by atoms with Gasteiger partial charge in [0, 0.05) is 22.8 Å². The van der Waals surface area contributed by atoms with Crippen molar-refractivity contribution < 1.29 is 72.6 Å². The quantitative estimate of drug-likeness (QED) is 0.0290. The van der Waals surface area contributed by atoms with Gasteiger partial charge in [0.2, 0.25) is 11.8 Å². The maximum atomic E-state index is 12.6. The van der Waals surface area contributed by atoms with E-state index in [0.29, 0.717) is 33.8 Å². The maximum absolute atomic E-state index is 12.6. The van der Waals surface area contributed by atoms with Gasteiger partial charge in [0.25, 0.3) is 0 Å². The molecule has 0 aliphatic rings. The Morgan fingerprint density at radius 3 is 1.43 bits per heavy atom. The Labute approximate surface area is 417 Å². The van der Waals surface area contributed by atoms with Gasteiger partial charge in [0.15, 0.2) is 0 Å². The molecule has 0 bridgehead atoms. The highest BCUT2D eigenvalue weighted by atomic mass is 16.6. The molecule has 4 aromatic rings. The lowest BCUT2D eigenvalue weighted by molar-refractivity contribution is -0.139. The third-order valence-corrected chi connectivity index (χ3v) is 8.92. The molecule has 0 aliphatic heterocycles. The molecule has 0 spiro atoms. The van der Waals surface area contributed by atoms with Gasteiger partial charge in [-0.1, -0.05) is 42.2 Å². The largest absolute Gasteiger partial charge is 0.496 e. The minimum atomic E-state index is -1.27. The summed E-state index contributed by atoms with van der Waals surface area (Å²) in [5, 5.41) is 31.2. The van der Waals surface area contributed by atoms with Crippen LogP contribution in [0.25, 0.3) is 6.08 Å². The van der Waals surface area contributed by atoms with Crippen LogP contribution in [0.15, 0.2) is 91.0 Å². The number of carbonyl (C=O) groups is 8. The Hall–Kier alpha value is -9.10. The first kappa shape index (κ1) is 59.0. The smallest absolute Gasteiger partial charge is 0.411 e. The minimum Gasteiger partial charge on any atom is -0.496 e. The molecule has 4 amide bonds.